The number of rotatable bonds is 5. The van der Waals surface area contributed by atoms with Gasteiger partial charge in [-0.15, -0.1) is 0 Å². The summed E-state index contributed by atoms with van der Waals surface area (Å²) in [4.78, 5) is 20.2. The summed E-state index contributed by atoms with van der Waals surface area (Å²) in [5, 5.41) is 9.33. The lowest BCUT2D eigenvalue weighted by molar-refractivity contribution is -0.137. The molecule has 0 saturated heterocycles. The van der Waals surface area contributed by atoms with Crippen LogP contribution >= 0.6 is 0 Å². The minimum absolute atomic E-state index is 0.0666. The van der Waals surface area contributed by atoms with Crippen LogP contribution in [0.5, 0.6) is 0 Å². The Morgan fingerprint density at radius 2 is 1.85 bits per heavy atom. The van der Waals surface area contributed by atoms with Crippen LogP contribution in [0.4, 0.5) is 40.3 Å². The number of amides is 1. The van der Waals surface area contributed by atoms with Crippen LogP contribution < -0.4 is 16.0 Å². The number of nitrogens with one attached hydrogen (secondary N) is 4. The zero-order valence-electron chi connectivity index (χ0n) is 17.6. The fourth-order valence-corrected chi connectivity index (χ4v) is 3.47. The first-order chi connectivity index (χ1) is 15.7. The van der Waals surface area contributed by atoms with Gasteiger partial charge in [0.2, 0.25) is 0 Å². The van der Waals surface area contributed by atoms with Crippen LogP contribution in [0.1, 0.15) is 21.5 Å². The summed E-state index contributed by atoms with van der Waals surface area (Å²) in [6.45, 7) is 1.77. The number of hydrogen-bond donors (Lipinski definition) is 4. The van der Waals surface area contributed by atoms with Crippen molar-refractivity contribution in [2.75, 3.05) is 23.0 Å². The Hall–Kier alpha value is -4.08. The Morgan fingerprint density at radius 3 is 2.58 bits per heavy atom. The van der Waals surface area contributed by atoms with E-state index in [9.17, 15) is 22.4 Å². The van der Waals surface area contributed by atoms with Gasteiger partial charge < -0.3 is 20.9 Å². The third-order valence-corrected chi connectivity index (χ3v) is 5.08. The molecule has 4 aromatic rings. The third kappa shape index (κ3) is 4.59. The lowest BCUT2D eigenvalue weighted by atomic mass is 10.1. The number of carbonyl (C=O) groups excluding carboxylic acids is 1. The molecule has 10 heteroatoms. The third-order valence-electron chi connectivity index (χ3n) is 5.08. The highest BCUT2D eigenvalue weighted by Gasteiger charge is 2.31. The first-order valence-corrected chi connectivity index (χ1v) is 9.86. The van der Waals surface area contributed by atoms with E-state index in [0.717, 1.165) is 23.1 Å². The van der Waals surface area contributed by atoms with Crippen LogP contribution in [0.15, 0.2) is 54.9 Å². The van der Waals surface area contributed by atoms with Crippen molar-refractivity contribution in [2.45, 2.75) is 13.1 Å². The molecule has 2 aromatic heterocycles. The quantitative estimate of drug-likeness (QED) is 0.274. The maximum Gasteiger partial charge on any atom is 0.416 e. The fraction of sp³-hybridized carbons (Fsp3) is 0.130. The van der Waals surface area contributed by atoms with Crippen molar-refractivity contribution in [2.24, 2.45) is 0 Å². The van der Waals surface area contributed by atoms with E-state index in [2.05, 4.69) is 25.9 Å². The maximum absolute atomic E-state index is 13.7. The van der Waals surface area contributed by atoms with Crippen molar-refractivity contribution in [3.05, 3.63) is 77.4 Å². The van der Waals surface area contributed by atoms with Crippen molar-refractivity contribution in [1.82, 2.24) is 9.97 Å². The highest BCUT2D eigenvalue weighted by atomic mass is 19.4. The monoisotopic (exact) mass is 457 g/mol. The summed E-state index contributed by atoms with van der Waals surface area (Å²) in [6.07, 6.45) is -1.51. The maximum atomic E-state index is 13.7. The molecule has 0 radical (unpaired) electrons. The first-order valence-electron chi connectivity index (χ1n) is 9.86. The molecule has 0 aliphatic carbocycles. The Labute approximate surface area is 186 Å². The first kappa shape index (κ1) is 22.1. The van der Waals surface area contributed by atoms with E-state index in [1.807, 2.05) is 0 Å². The van der Waals surface area contributed by atoms with Gasteiger partial charge in [0.25, 0.3) is 5.91 Å². The molecule has 0 bridgehead atoms. The number of aromatic amines is 1. The second-order valence-corrected chi connectivity index (χ2v) is 7.37. The zero-order chi connectivity index (χ0) is 23.8. The summed E-state index contributed by atoms with van der Waals surface area (Å²) in [6, 6.07) is 8.88. The molecule has 33 heavy (non-hydrogen) atoms. The van der Waals surface area contributed by atoms with Gasteiger partial charge in [-0.05, 0) is 48.9 Å². The van der Waals surface area contributed by atoms with Gasteiger partial charge in [0.15, 0.2) is 0 Å². The van der Waals surface area contributed by atoms with Crippen LogP contribution in [0.2, 0.25) is 0 Å². The molecule has 1 amide bonds. The van der Waals surface area contributed by atoms with Gasteiger partial charge in [-0.25, -0.2) is 9.37 Å². The Kier molecular flexibility index (Phi) is 5.67. The van der Waals surface area contributed by atoms with Gasteiger partial charge in [0.05, 0.1) is 16.8 Å². The summed E-state index contributed by atoms with van der Waals surface area (Å²) in [7, 11) is 1.70. The minimum atomic E-state index is -4.68. The van der Waals surface area contributed by atoms with Gasteiger partial charge in [-0.2, -0.15) is 13.2 Å². The SMILES string of the molecule is CNc1c(C(=O)Nc2cc(Nc3cc(F)cc(C(F)(F)F)c3)ccc2C)cnc2[nH]ccc12. The Morgan fingerprint density at radius 1 is 1.06 bits per heavy atom. The van der Waals surface area contributed by atoms with Crippen molar-refractivity contribution < 1.29 is 22.4 Å². The number of H-pyrrole nitrogens is 1. The molecule has 0 spiro atoms. The average molecular weight is 457 g/mol. The molecule has 0 fully saturated rings. The van der Waals surface area contributed by atoms with Crippen molar-refractivity contribution in [1.29, 1.82) is 0 Å². The number of benzene rings is 2. The molecule has 2 aromatic carbocycles. The van der Waals surface area contributed by atoms with E-state index >= 15 is 0 Å². The molecule has 4 N–H and O–H groups in total. The number of carbonyl (C=O) groups is 1. The predicted molar refractivity (Wildman–Crippen MR) is 119 cm³/mol. The van der Waals surface area contributed by atoms with Crippen molar-refractivity contribution in [3.63, 3.8) is 0 Å². The highest BCUT2D eigenvalue weighted by molar-refractivity contribution is 6.12. The van der Waals surface area contributed by atoms with E-state index in [4.69, 9.17) is 0 Å². The average Bonchev–Trinajstić information content (AvgIpc) is 3.23. The lowest BCUT2D eigenvalue weighted by Crippen LogP contribution is -2.15. The molecule has 0 aliphatic heterocycles. The van der Waals surface area contributed by atoms with Gasteiger partial charge in [0, 0.05) is 41.9 Å². The van der Waals surface area contributed by atoms with Gasteiger partial charge in [-0.3, -0.25) is 4.79 Å². The molecule has 0 aliphatic rings. The number of pyridine rings is 1. The van der Waals surface area contributed by atoms with Gasteiger partial charge in [0.1, 0.15) is 11.5 Å². The second-order valence-electron chi connectivity index (χ2n) is 7.37. The minimum Gasteiger partial charge on any atom is -0.387 e. The normalized spacial score (nSPS) is 11.5. The predicted octanol–water partition coefficient (Wildman–Crippen LogP) is 6.07. The van der Waals surface area contributed by atoms with Crippen LogP contribution in [0.25, 0.3) is 11.0 Å². The molecule has 0 unspecified atom stereocenters. The van der Waals surface area contributed by atoms with Crippen LogP contribution in [-0.2, 0) is 6.18 Å². The fourth-order valence-electron chi connectivity index (χ4n) is 3.47. The number of nitrogens with zero attached hydrogens (tertiary/aromatic N) is 1. The Bertz CT molecular complexity index is 1350. The van der Waals surface area contributed by atoms with Gasteiger partial charge >= 0.3 is 6.18 Å². The van der Waals surface area contributed by atoms with Crippen molar-refractivity contribution in [3.8, 4) is 0 Å². The molecule has 170 valence electrons. The van der Waals surface area contributed by atoms with Crippen LogP contribution in [0, 0.1) is 12.7 Å². The number of alkyl halides is 3. The number of aryl methyl sites for hydroxylation is 1. The molecular weight excluding hydrogens is 438 g/mol. The molecule has 4 rings (SSSR count). The standard InChI is InChI=1S/C23H19F4N5O/c1-12-3-4-15(31-16-8-13(23(25,26)27)7-14(24)9-16)10-19(12)32-22(33)18-11-30-21-17(5-6-29-21)20(18)28-2/h3-11,31H,1-2H3,(H,32,33)(H2,28,29,30). The van der Waals surface area contributed by atoms with Crippen LogP contribution in [0.3, 0.4) is 0 Å². The highest BCUT2D eigenvalue weighted by Crippen LogP contribution is 2.33. The summed E-state index contributed by atoms with van der Waals surface area (Å²) in [5.41, 5.74) is 1.93. The van der Waals surface area contributed by atoms with E-state index in [1.54, 1.807) is 44.4 Å². The number of halogens is 4. The largest absolute Gasteiger partial charge is 0.416 e. The molecule has 0 atom stereocenters. The van der Waals surface area contributed by atoms with Crippen molar-refractivity contribution >= 4 is 39.7 Å². The number of fused-ring (bicyclic) bond motifs is 1. The summed E-state index contributed by atoms with van der Waals surface area (Å²) >= 11 is 0. The van der Waals surface area contributed by atoms with E-state index < -0.39 is 23.5 Å². The smallest absolute Gasteiger partial charge is 0.387 e. The number of anilines is 4. The van der Waals surface area contributed by atoms with E-state index in [1.165, 1.54) is 6.20 Å². The number of hydrogen-bond acceptors (Lipinski definition) is 4. The van der Waals surface area contributed by atoms with E-state index in [0.29, 0.717) is 34.3 Å². The Balaban J connectivity index is 1.61. The molecule has 2 heterocycles. The lowest BCUT2D eigenvalue weighted by Gasteiger charge is -2.15. The molecule has 6 nitrogen and oxygen atoms in total. The van der Waals surface area contributed by atoms with Gasteiger partial charge in [-0.1, -0.05) is 6.07 Å². The zero-order valence-corrected chi connectivity index (χ0v) is 17.6. The molecular formula is C23H19F4N5O. The topological polar surface area (TPSA) is 81.8 Å². The summed E-state index contributed by atoms with van der Waals surface area (Å²) < 4.78 is 52.7. The molecule has 0 saturated carbocycles. The summed E-state index contributed by atoms with van der Waals surface area (Å²) in [5.74, 6) is -1.43. The van der Waals surface area contributed by atoms with E-state index in [-0.39, 0.29) is 5.69 Å². The van der Waals surface area contributed by atoms with Crippen LogP contribution in [-0.4, -0.2) is 22.9 Å². The second kappa shape index (κ2) is 8.45. The number of aromatic nitrogens is 2.